The highest BCUT2D eigenvalue weighted by molar-refractivity contribution is 6.01. The number of aromatic nitrogens is 8. The zero-order chi connectivity index (χ0) is 108. The molecule has 0 saturated carbocycles. The van der Waals surface area contributed by atoms with Crippen molar-refractivity contribution in [2.24, 2.45) is 34.6 Å². The van der Waals surface area contributed by atoms with E-state index < -0.39 is 197 Å². The third kappa shape index (κ3) is 33.4. The standard InChI is InChI=1S/C58H69N11O9.C51H63N11O10/c1-35-18-20-37(21-19-35)28-48-55(75)64-46(53(59)73)17-11-12-26-69-34-40(67-68-69)30-50(62-36(2)70)57(77)66-49(29-39-32-60-45-16-10-9-15-43(39)45)56(76)65-47(27-38-22-24-42(25-23-38)78-41-13-7-6-8-14-41)51(71)31-44(58(3,4)5)54(74)61-33-52(72)63-48;1-28(2)38-25-45(66)41(21-31-12-16-35(64)17-13-31)57-50(71)43(23-33-26-53-39-10-6-5-9-37(33)39)59-51(72)44(55-30(4)63)24-34-27-62(61-60-34)20-8-7-11-40(46(52)67)56-49(70)42(22-32-14-18-36(65)19-15-32)58-47(68)29(3)54-48(38)69/h6-10,13-16,18-25,32,34,44,46-50,60H,11-12,17,26-31,33H2,1-5H3,(H2,59,73)(H,61,74)(H,62,70)(H,63,72)(H,64,75)(H,65,76)(H,66,77);5-6,9-10,12-19,26-29,38,40-44,53,64-65H,7-8,11,20-25H2,1-4H3,(H2,52,67)(H,54,69)(H,55,63)(H,56,70)(H,57,71)(H,58,68)(H,59,72)/t44-,46-,47+,48+,49+,50-;29-,38-,40+,41-,42-,43-,44+/m01/s1. The van der Waals surface area contributed by atoms with Crippen LogP contribution in [-0.2, 0) is 141 Å². The van der Waals surface area contributed by atoms with Crippen molar-refractivity contribution >= 4 is 116 Å². The first kappa shape index (κ1) is 112. The summed E-state index contributed by atoms with van der Waals surface area (Å²) in [6.07, 6.45) is 7.46. The summed E-state index contributed by atoms with van der Waals surface area (Å²) in [6, 6.07) is 36.9. The Morgan fingerprint density at radius 2 is 0.820 bits per heavy atom. The third-order valence-corrected chi connectivity index (χ3v) is 26.3. The molecule has 41 nitrogen and oxygen atoms in total. The number of Topliss-reactive ketones (excluding diaryl/α,β-unsaturated/α-hetero) is 2. The highest BCUT2D eigenvalue weighted by Crippen LogP contribution is 2.32. The van der Waals surface area contributed by atoms with E-state index in [0.717, 1.165) is 32.9 Å². The topological polar surface area (TPSA) is 612 Å². The molecule has 41 heteroatoms. The van der Waals surface area contributed by atoms with Gasteiger partial charge in [-0.2, -0.15) is 0 Å². The summed E-state index contributed by atoms with van der Waals surface area (Å²) in [6.45, 7) is 14.7. The van der Waals surface area contributed by atoms with Gasteiger partial charge in [-0.05, 0) is 171 Å². The maximum Gasteiger partial charge on any atom is 0.243 e. The molecule has 14 amide bonds. The van der Waals surface area contributed by atoms with Gasteiger partial charge in [0, 0.05) is 137 Å². The maximum atomic E-state index is 15.0. The first-order valence-corrected chi connectivity index (χ1v) is 50.1. The maximum absolute atomic E-state index is 15.0. The summed E-state index contributed by atoms with van der Waals surface area (Å²) < 4.78 is 9.08. The van der Waals surface area contributed by atoms with Gasteiger partial charge in [0.2, 0.25) is 82.7 Å². The van der Waals surface area contributed by atoms with Crippen molar-refractivity contribution in [1.82, 2.24) is 104 Å². The number of aromatic amines is 2. The third-order valence-electron chi connectivity index (χ3n) is 26.3. The lowest BCUT2D eigenvalue weighted by molar-refractivity contribution is -0.136. The van der Waals surface area contributed by atoms with E-state index in [4.69, 9.17) is 16.2 Å². The van der Waals surface area contributed by atoms with Gasteiger partial charge in [-0.1, -0.05) is 166 Å². The molecule has 11 aromatic rings. The van der Waals surface area contributed by atoms with Crippen LogP contribution in [0.4, 0.5) is 0 Å². The number of rotatable bonds is 19. The zero-order valence-electron chi connectivity index (χ0n) is 85.2. The number of ether oxygens (including phenoxy) is 1. The number of nitrogens with two attached hydrogens (primary N) is 2. The Morgan fingerprint density at radius 3 is 1.26 bits per heavy atom. The van der Waals surface area contributed by atoms with Crippen molar-refractivity contribution in [2.45, 2.75) is 245 Å². The quantitative estimate of drug-likeness (QED) is 0.0490. The van der Waals surface area contributed by atoms with Gasteiger partial charge in [-0.3, -0.25) is 86.1 Å². The molecule has 4 bridgehead atoms. The molecule has 0 unspecified atom stereocenters. The second-order valence-corrected chi connectivity index (χ2v) is 39.6. The number of amides is 14. The van der Waals surface area contributed by atoms with E-state index in [1.54, 1.807) is 113 Å². The van der Waals surface area contributed by atoms with E-state index in [2.05, 4.69) is 94.4 Å². The fourth-order valence-electron chi connectivity index (χ4n) is 17.8. The Bertz CT molecular complexity index is 6590. The normalized spacial score (nSPS) is 21.8. The first-order chi connectivity index (χ1) is 71.6. The molecule has 0 spiro atoms. The number of aromatic hydroxyl groups is 2. The van der Waals surface area contributed by atoms with Gasteiger partial charge in [-0.25, -0.2) is 0 Å². The van der Waals surface area contributed by atoms with Crippen molar-refractivity contribution in [1.29, 1.82) is 0 Å². The molecular formula is C109H132N22O19. The van der Waals surface area contributed by atoms with E-state index in [1.807, 2.05) is 110 Å². The summed E-state index contributed by atoms with van der Waals surface area (Å²) in [5.74, 6) is -12.2. The van der Waals surface area contributed by atoms with Gasteiger partial charge in [0.1, 0.15) is 77.4 Å². The van der Waals surface area contributed by atoms with Crippen molar-refractivity contribution in [3.63, 3.8) is 0 Å². The highest BCUT2D eigenvalue weighted by Gasteiger charge is 2.41. The molecule has 0 aliphatic carbocycles. The monoisotopic (exact) mass is 2050 g/mol. The molecule has 2 aliphatic heterocycles. The van der Waals surface area contributed by atoms with Crippen LogP contribution in [0.15, 0.2) is 201 Å². The lowest BCUT2D eigenvalue weighted by atomic mass is 9.76. The average molecular weight is 2050 g/mol. The van der Waals surface area contributed by atoms with Gasteiger partial charge in [0.25, 0.3) is 0 Å². The molecule has 2 aliphatic rings. The molecule has 6 heterocycles. The van der Waals surface area contributed by atoms with Gasteiger partial charge in [0.15, 0.2) is 11.6 Å². The van der Waals surface area contributed by atoms with Crippen molar-refractivity contribution in [3.8, 4) is 23.0 Å². The second-order valence-electron chi connectivity index (χ2n) is 39.6. The number of carbonyl (C=O) groups excluding carboxylic acids is 16. The molecular weight excluding hydrogens is 1920 g/mol. The zero-order valence-corrected chi connectivity index (χ0v) is 85.2. The van der Waals surface area contributed by atoms with Gasteiger partial charge < -0.3 is 100 Å². The van der Waals surface area contributed by atoms with Gasteiger partial charge >= 0.3 is 0 Å². The summed E-state index contributed by atoms with van der Waals surface area (Å²) in [7, 11) is 0. The van der Waals surface area contributed by atoms with Gasteiger partial charge in [0.05, 0.1) is 30.0 Å². The number of phenols is 2. The SMILES string of the molecule is CC(=O)N[C@H]1Cc2cn(nn2)CCCC[C@@H](C(N)=O)NC(=O)[C@@H](Cc2ccc(C)cc2)NC(=O)CNC(=O)[C@@H](C(C)(C)C)CC(=O)[C@@H](Cc2ccc(Oc3ccccc3)cc2)NC(=O)[C@@H](Cc2c[nH]c3ccccc23)NC1=O.CC(=O)N[C@H]1Cc2cn(nn2)CCCC[C@@H](C(N)=O)NC(=O)[C@@H](Cc2ccc(O)cc2)NC(=O)[C@@H](C)NC(=O)[C@@H](C(C)C)CC(=O)[C@@H](Cc2ccc(O)cc2)NC(=O)[C@@H](Cc2c[nH]c3ccccc23)NC1=O. The van der Waals surface area contributed by atoms with E-state index in [9.17, 15) is 86.9 Å². The molecule has 0 fully saturated rings. The van der Waals surface area contributed by atoms with Crippen LogP contribution in [0.5, 0.6) is 23.0 Å². The predicted octanol–water partition coefficient (Wildman–Crippen LogP) is 5.27. The van der Waals surface area contributed by atoms with E-state index in [1.165, 1.54) is 49.7 Å². The highest BCUT2D eigenvalue weighted by atomic mass is 16.5. The number of ketones is 2. The van der Waals surface area contributed by atoms with Crippen LogP contribution in [0.3, 0.4) is 0 Å². The fourth-order valence-corrected chi connectivity index (χ4v) is 17.8. The smallest absolute Gasteiger partial charge is 0.243 e. The fraction of sp³-hybridized carbons (Fsp3) is 0.394. The number of hydrogen-bond acceptors (Lipinski definition) is 23. The molecule has 13 atom stereocenters. The largest absolute Gasteiger partial charge is 0.508 e. The van der Waals surface area contributed by atoms with E-state index in [-0.39, 0.29) is 82.1 Å². The Kier molecular flexibility index (Phi) is 39.6. The van der Waals surface area contributed by atoms with Crippen molar-refractivity contribution in [2.75, 3.05) is 6.54 Å². The number of hydrogen-bond donors (Lipinski definition) is 18. The van der Waals surface area contributed by atoms with Crippen molar-refractivity contribution < 1.29 is 91.7 Å². The lowest BCUT2D eigenvalue weighted by Crippen LogP contribution is -2.57. The predicted molar refractivity (Wildman–Crippen MR) is 555 cm³/mol. The summed E-state index contributed by atoms with van der Waals surface area (Å²) in [5.41, 5.74) is 17.7. The second kappa shape index (κ2) is 53.0. The molecule has 20 N–H and O–H groups in total. The molecule has 792 valence electrons. The number of para-hydroxylation sites is 3. The lowest BCUT2D eigenvalue weighted by Gasteiger charge is -2.31. The number of benzene rings is 7. The number of phenolic OH excluding ortho intramolecular Hbond substituents is 2. The Balaban J connectivity index is 0.000000267. The van der Waals surface area contributed by atoms with Crippen LogP contribution in [0.2, 0.25) is 0 Å². The van der Waals surface area contributed by atoms with Crippen molar-refractivity contribution in [3.05, 3.63) is 251 Å². The summed E-state index contributed by atoms with van der Waals surface area (Å²) >= 11 is 0. The Labute approximate surface area is 866 Å². The number of nitrogens with zero attached hydrogens (tertiary/aromatic N) is 6. The molecule has 0 saturated heterocycles. The van der Waals surface area contributed by atoms with Gasteiger partial charge in [-0.15, -0.1) is 10.2 Å². The van der Waals surface area contributed by atoms with Crippen LogP contribution in [0.25, 0.3) is 21.8 Å². The minimum absolute atomic E-state index is 0.0195. The number of fused-ring (bicyclic) bond motifs is 6. The Morgan fingerprint density at radius 1 is 0.433 bits per heavy atom. The van der Waals surface area contributed by atoms with Crippen LogP contribution in [-0.4, -0.2) is 217 Å². The van der Waals surface area contributed by atoms with Crippen LogP contribution >= 0.6 is 0 Å². The molecule has 150 heavy (non-hydrogen) atoms. The van der Waals surface area contributed by atoms with Crippen LogP contribution in [0, 0.1) is 30.1 Å². The number of primary amides is 2. The molecule has 13 rings (SSSR count). The summed E-state index contributed by atoms with van der Waals surface area (Å²) in [5, 5.41) is 71.3. The number of nitrogens with one attached hydrogen (secondary N) is 14. The number of aryl methyl sites for hydroxylation is 3. The number of H-pyrrole nitrogens is 2. The van der Waals surface area contributed by atoms with Crippen LogP contribution in [0.1, 0.15) is 157 Å². The van der Waals surface area contributed by atoms with E-state index in [0.29, 0.717) is 89.5 Å². The minimum atomic E-state index is -1.31. The average Bonchev–Trinajstić information content (AvgIpc) is 1.71. The molecule has 4 aromatic heterocycles. The molecule has 0 radical (unpaired) electrons. The molecule has 7 aromatic carbocycles. The van der Waals surface area contributed by atoms with Crippen LogP contribution < -0.4 is 80.0 Å². The first-order valence-electron chi connectivity index (χ1n) is 50.1. The minimum Gasteiger partial charge on any atom is -0.508 e. The Hall–Kier alpha value is -16.8. The summed E-state index contributed by atoms with van der Waals surface area (Å²) in [4.78, 5) is 229. The number of carbonyl (C=O) groups is 16. The van der Waals surface area contributed by atoms with E-state index >= 15 is 0 Å².